The van der Waals surface area contributed by atoms with Crippen LogP contribution in [-0.4, -0.2) is 20.1 Å². The molecule has 0 aromatic heterocycles. The van der Waals surface area contributed by atoms with Crippen LogP contribution in [-0.2, 0) is 11.2 Å². The Hall–Kier alpha value is -2.20. The van der Waals surface area contributed by atoms with Crippen molar-refractivity contribution in [2.45, 2.75) is 32.2 Å². The molecule has 0 aliphatic heterocycles. The van der Waals surface area contributed by atoms with Crippen molar-refractivity contribution < 1.29 is 14.3 Å². The summed E-state index contributed by atoms with van der Waals surface area (Å²) in [4.78, 5) is 12.3. The predicted molar refractivity (Wildman–Crippen MR) is 100 cm³/mol. The maximum Gasteiger partial charge on any atom is 0.220 e. The van der Waals surface area contributed by atoms with Gasteiger partial charge in [0.15, 0.2) is 11.5 Å². The van der Waals surface area contributed by atoms with Gasteiger partial charge in [-0.2, -0.15) is 0 Å². The lowest BCUT2D eigenvalue weighted by Gasteiger charge is -2.19. The molecule has 0 radical (unpaired) electrons. The van der Waals surface area contributed by atoms with Crippen LogP contribution in [0.3, 0.4) is 0 Å². The molecule has 2 aromatic rings. The SMILES string of the molecule is CC[C@@H](NC(=O)CCc1ccccc1Cl)c1ccc(OC)c(OC)c1. The van der Waals surface area contributed by atoms with E-state index in [-0.39, 0.29) is 11.9 Å². The number of hydrogen-bond acceptors (Lipinski definition) is 3. The Morgan fingerprint density at radius 1 is 1.12 bits per heavy atom. The Labute approximate surface area is 154 Å². The van der Waals surface area contributed by atoms with Crippen molar-refractivity contribution in [3.63, 3.8) is 0 Å². The summed E-state index contributed by atoms with van der Waals surface area (Å²) < 4.78 is 10.6. The number of methoxy groups -OCH3 is 2. The van der Waals surface area contributed by atoms with E-state index >= 15 is 0 Å². The highest BCUT2D eigenvalue weighted by atomic mass is 35.5. The van der Waals surface area contributed by atoms with E-state index < -0.39 is 0 Å². The fraction of sp³-hybridized carbons (Fsp3) is 0.350. The van der Waals surface area contributed by atoms with Crippen LogP contribution in [0.2, 0.25) is 5.02 Å². The van der Waals surface area contributed by atoms with Crippen LogP contribution < -0.4 is 14.8 Å². The van der Waals surface area contributed by atoms with Gasteiger partial charge in [0.25, 0.3) is 0 Å². The first kappa shape index (κ1) is 19.1. The average molecular weight is 362 g/mol. The third-order valence-electron chi connectivity index (χ3n) is 4.13. The molecule has 0 aliphatic rings. The molecule has 1 N–H and O–H groups in total. The van der Waals surface area contributed by atoms with Crippen molar-refractivity contribution >= 4 is 17.5 Å². The maximum absolute atomic E-state index is 12.3. The minimum Gasteiger partial charge on any atom is -0.493 e. The smallest absolute Gasteiger partial charge is 0.220 e. The van der Waals surface area contributed by atoms with E-state index in [4.69, 9.17) is 21.1 Å². The molecule has 1 atom stereocenters. The maximum atomic E-state index is 12.3. The van der Waals surface area contributed by atoms with E-state index in [1.807, 2.05) is 49.4 Å². The molecule has 0 bridgehead atoms. The van der Waals surface area contributed by atoms with Gasteiger partial charge in [0.05, 0.1) is 20.3 Å². The van der Waals surface area contributed by atoms with Crippen LogP contribution in [0.4, 0.5) is 0 Å². The Bertz CT molecular complexity index is 718. The molecule has 2 aromatic carbocycles. The predicted octanol–water partition coefficient (Wildman–Crippen LogP) is 4.56. The summed E-state index contributed by atoms with van der Waals surface area (Å²) in [5.41, 5.74) is 1.98. The van der Waals surface area contributed by atoms with Crippen LogP contribution in [0.5, 0.6) is 11.5 Å². The molecule has 2 rings (SSSR count). The first-order valence-corrected chi connectivity index (χ1v) is 8.71. The number of halogens is 1. The third kappa shape index (κ3) is 5.13. The van der Waals surface area contributed by atoms with Gasteiger partial charge in [0.2, 0.25) is 5.91 Å². The van der Waals surface area contributed by atoms with Crippen molar-refractivity contribution in [1.29, 1.82) is 0 Å². The molecule has 0 fully saturated rings. The molecule has 0 spiro atoms. The summed E-state index contributed by atoms with van der Waals surface area (Å²) in [7, 11) is 3.20. The quantitative estimate of drug-likeness (QED) is 0.749. The molecule has 1 amide bonds. The zero-order valence-corrected chi connectivity index (χ0v) is 15.6. The van der Waals surface area contributed by atoms with Gasteiger partial charge in [-0.15, -0.1) is 0 Å². The highest BCUT2D eigenvalue weighted by Crippen LogP contribution is 2.31. The van der Waals surface area contributed by atoms with E-state index in [0.717, 1.165) is 17.5 Å². The van der Waals surface area contributed by atoms with Gasteiger partial charge in [0.1, 0.15) is 0 Å². The molecule has 0 aliphatic carbocycles. The molecule has 0 saturated heterocycles. The van der Waals surface area contributed by atoms with Crippen molar-refractivity contribution in [3.05, 3.63) is 58.6 Å². The topological polar surface area (TPSA) is 47.6 Å². The minimum atomic E-state index is -0.0708. The summed E-state index contributed by atoms with van der Waals surface area (Å²) in [6.07, 6.45) is 1.80. The van der Waals surface area contributed by atoms with Crippen LogP contribution in [0, 0.1) is 0 Å². The van der Waals surface area contributed by atoms with Crippen LogP contribution in [0.1, 0.15) is 36.9 Å². The normalized spacial score (nSPS) is 11.7. The molecule has 0 heterocycles. The number of nitrogens with one attached hydrogen (secondary N) is 1. The lowest BCUT2D eigenvalue weighted by molar-refractivity contribution is -0.121. The number of carbonyl (C=O) groups is 1. The molecule has 134 valence electrons. The van der Waals surface area contributed by atoms with Gasteiger partial charge in [-0.3, -0.25) is 4.79 Å². The van der Waals surface area contributed by atoms with Crippen LogP contribution >= 0.6 is 11.6 Å². The molecule has 0 unspecified atom stereocenters. The highest BCUT2D eigenvalue weighted by Gasteiger charge is 2.15. The van der Waals surface area contributed by atoms with Gasteiger partial charge >= 0.3 is 0 Å². The lowest BCUT2D eigenvalue weighted by Crippen LogP contribution is -2.28. The van der Waals surface area contributed by atoms with E-state index in [1.165, 1.54) is 0 Å². The van der Waals surface area contributed by atoms with Gasteiger partial charge in [-0.25, -0.2) is 0 Å². The number of benzene rings is 2. The zero-order chi connectivity index (χ0) is 18.2. The summed E-state index contributed by atoms with van der Waals surface area (Å²) in [6, 6.07) is 13.2. The number of carbonyl (C=O) groups excluding carboxylic acids is 1. The first-order chi connectivity index (χ1) is 12.1. The van der Waals surface area contributed by atoms with E-state index in [2.05, 4.69) is 5.32 Å². The van der Waals surface area contributed by atoms with Crippen LogP contribution in [0.25, 0.3) is 0 Å². The second kappa shape index (κ2) is 9.33. The second-order valence-electron chi connectivity index (χ2n) is 5.73. The first-order valence-electron chi connectivity index (χ1n) is 8.33. The summed E-state index contributed by atoms with van der Waals surface area (Å²) in [5.74, 6) is 1.33. The van der Waals surface area contributed by atoms with Gasteiger partial charge < -0.3 is 14.8 Å². The van der Waals surface area contributed by atoms with E-state index in [9.17, 15) is 4.79 Å². The molecular formula is C20H24ClNO3. The monoisotopic (exact) mass is 361 g/mol. The van der Waals surface area contributed by atoms with Gasteiger partial charge in [-0.05, 0) is 42.2 Å². The van der Waals surface area contributed by atoms with Gasteiger partial charge in [-0.1, -0.05) is 42.8 Å². The van der Waals surface area contributed by atoms with Crippen molar-refractivity contribution in [2.75, 3.05) is 14.2 Å². The average Bonchev–Trinajstić information content (AvgIpc) is 2.64. The lowest BCUT2D eigenvalue weighted by atomic mass is 10.0. The van der Waals surface area contributed by atoms with Crippen LogP contribution in [0.15, 0.2) is 42.5 Å². The fourth-order valence-corrected chi connectivity index (χ4v) is 2.94. The molecule has 0 saturated carbocycles. The number of ether oxygens (including phenoxy) is 2. The van der Waals surface area contributed by atoms with E-state index in [0.29, 0.717) is 29.4 Å². The Morgan fingerprint density at radius 3 is 2.48 bits per heavy atom. The standard InChI is InChI=1S/C20H24ClNO3/c1-4-17(15-9-11-18(24-2)19(13-15)25-3)22-20(23)12-10-14-7-5-6-8-16(14)21/h5-9,11,13,17H,4,10,12H2,1-3H3,(H,22,23)/t17-/m1/s1. The Morgan fingerprint density at radius 2 is 1.84 bits per heavy atom. The molecule has 4 nitrogen and oxygen atoms in total. The third-order valence-corrected chi connectivity index (χ3v) is 4.50. The van der Waals surface area contributed by atoms with Crippen molar-refractivity contribution in [2.24, 2.45) is 0 Å². The highest BCUT2D eigenvalue weighted by molar-refractivity contribution is 6.31. The van der Waals surface area contributed by atoms with Crippen molar-refractivity contribution in [1.82, 2.24) is 5.32 Å². The number of hydrogen-bond donors (Lipinski definition) is 1. The van der Waals surface area contributed by atoms with E-state index in [1.54, 1.807) is 14.2 Å². The zero-order valence-electron chi connectivity index (χ0n) is 14.8. The Balaban J connectivity index is 2.01. The van der Waals surface area contributed by atoms with Gasteiger partial charge in [0, 0.05) is 11.4 Å². The summed E-state index contributed by atoms with van der Waals surface area (Å²) in [6.45, 7) is 2.04. The largest absolute Gasteiger partial charge is 0.493 e. The molecular weight excluding hydrogens is 338 g/mol. The minimum absolute atomic E-state index is 0.00144. The fourth-order valence-electron chi connectivity index (χ4n) is 2.71. The Kier molecular flexibility index (Phi) is 7.14. The number of amides is 1. The summed E-state index contributed by atoms with van der Waals surface area (Å²) >= 11 is 6.14. The molecule has 25 heavy (non-hydrogen) atoms. The second-order valence-corrected chi connectivity index (χ2v) is 6.14. The number of rotatable bonds is 8. The number of aryl methyl sites for hydroxylation is 1. The summed E-state index contributed by atoms with van der Waals surface area (Å²) in [5, 5.41) is 3.78. The van der Waals surface area contributed by atoms with Crippen molar-refractivity contribution in [3.8, 4) is 11.5 Å². The molecule has 5 heteroatoms.